The summed E-state index contributed by atoms with van der Waals surface area (Å²) in [5.41, 5.74) is 1.26. The number of halogens is 1. The van der Waals surface area contributed by atoms with Crippen LogP contribution in [-0.4, -0.2) is 24.7 Å². The number of hydrogen-bond donors (Lipinski definition) is 1. The van der Waals surface area contributed by atoms with Crippen molar-refractivity contribution in [3.05, 3.63) is 57.0 Å². The highest BCUT2D eigenvalue weighted by molar-refractivity contribution is 7.89. The van der Waals surface area contributed by atoms with Crippen molar-refractivity contribution in [3.8, 4) is 0 Å². The molecule has 0 spiro atoms. The Balaban J connectivity index is 1.70. The molecule has 0 amide bonds. The van der Waals surface area contributed by atoms with E-state index in [0.29, 0.717) is 16.5 Å². The smallest absolute Gasteiger partial charge is 0.266 e. The van der Waals surface area contributed by atoms with Gasteiger partial charge in [0.05, 0.1) is 17.1 Å². The maximum atomic E-state index is 12.4. The number of rotatable bonds is 6. The van der Waals surface area contributed by atoms with Gasteiger partial charge in [-0.2, -0.15) is 5.10 Å². The fourth-order valence-electron chi connectivity index (χ4n) is 2.45. The molecular formula is C16H18ClN3O3S. The predicted molar refractivity (Wildman–Crippen MR) is 91.8 cm³/mol. The summed E-state index contributed by atoms with van der Waals surface area (Å²) in [6, 6.07) is 7.94. The standard InChI is InChI=1S/C16H18ClN3O3S/c1-11-2-5-13(17)10-15(11)24(22,23)18-8-9-20-16(21)7-6-14(19-20)12-3-4-12/h2,5-7,10,12,18H,3-4,8-9H2,1H3. The van der Waals surface area contributed by atoms with E-state index in [9.17, 15) is 13.2 Å². The average Bonchev–Trinajstić information content (AvgIpc) is 3.36. The topological polar surface area (TPSA) is 81.1 Å². The van der Waals surface area contributed by atoms with Crippen LogP contribution in [0.3, 0.4) is 0 Å². The highest BCUT2D eigenvalue weighted by Gasteiger charge is 2.25. The van der Waals surface area contributed by atoms with Crippen LogP contribution in [0.2, 0.25) is 5.02 Å². The Bertz CT molecular complexity index is 920. The first-order valence-corrected chi connectivity index (χ1v) is 9.57. The first-order valence-electron chi connectivity index (χ1n) is 7.71. The van der Waals surface area contributed by atoms with E-state index in [1.807, 2.05) is 0 Å². The number of aryl methyl sites for hydroxylation is 1. The molecule has 0 radical (unpaired) electrons. The van der Waals surface area contributed by atoms with Gasteiger partial charge in [0.2, 0.25) is 10.0 Å². The fraction of sp³-hybridized carbons (Fsp3) is 0.375. The first-order chi connectivity index (χ1) is 11.4. The molecule has 0 aliphatic heterocycles. The molecule has 0 unspecified atom stereocenters. The van der Waals surface area contributed by atoms with Crippen LogP contribution in [0.1, 0.15) is 30.0 Å². The second-order valence-corrected chi connectivity index (χ2v) is 8.07. The third-order valence-corrected chi connectivity index (χ3v) is 5.78. The van der Waals surface area contributed by atoms with E-state index >= 15 is 0 Å². The Labute approximate surface area is 145 Å². The molecule has 1 heterocycles. The summed E-state index contributed by atoms with van der Waals surface area (Å²) >= 11 is 5.88. The number of aromatic nitrogens is 2. The molecule has 0 bridgehead atoms. The summed E-state index contributed by atoms with van der Waals surface area (Å²) in [4.78, 5) is 12.0. The van der Waals surface area contributed by atoms with Gasteiger partial charge in [-0.1, -0.05) is 17.7 Å². The summed E-state index contributed by atoms with van der Waals surface area (Å²) in [7, 11) is -3.69. The van der Waals surface area contributed by atoms with Crippen LogP contribution in [0, 0.1) is 6.92 Å². The third kappa shape index (κ3) is 3.85. The van der Waals surface area contributed by atoms with Gasteiger partial charge in [-0.15, -0.1) is 0 Å². The second-order valence-electron chi connectivity index (χ2n) is 5.90. The molecule has 0 atom stereocenters. The van der Waals surface area contributed by atoms with Gasteiger partial charge in [0.25, 0.3) is 5.56 Å². The lowest BCUT2D eigenvalue weighted by atomic mass is 10.2. The van der Waals surface area contributed by atoms with E-state index < -0.39 is 10.0 Å². The molecule has 1 aliphatic carbocycles. The van der Waals surface area contributed by atoms with Crippen LogP contribution in [0.15, 0.2) is 40.0 Å². The van der Waals surface area contributed by atoms with Crippen LogP contribution >= 0.6 is 11.6 Å². The summed E-state index contributed by atoms with van der Waals surface area (Å²) < 4.78 is 28.6. The van der Waals surface area contributed by atoms with Crippen LogP contribution in [0.25, 0.3) is 0 Å². The van der Waals surface area contributed by atoms with E-state index in [1.165, 1.54) is 16.8 Å². The van der Waals surface area contributed by atoms with Gasteiger partial charge in [0.15, 0.2) is 0 Å². The normalized spacial score (nSPS) is 14.8. The summed E-state index contributed by atoms with van der Waals surface area (Å²) in [5, 5.41) is 4.66. The first kappa shape index (κ1) is 17.1. The van der Waals surface area contributed by atoms with Gasteiger partial charge in [-0.05, 0) is 43.5 Å². The number of hydrogen-bond acceptors (Lipinski definition) is 4. The molecule has 24 heavy (non-hydrogen) atoms. The van der Waals surface area contributed by atoms with Crippen molar-refractivity contribution in [1.82, 2.24) is 14.5 Å². The average molecular weight is 368 g/mol. The Hall–Kier alpha value is -1.70. The second kappa shape index (κ2) is 6.66. The molecule has 1 aliphatic rings. The van der Waals surface area contributed by atoms with Crippen molar-refractivity contribution < 1.29 is 8.42 Å². The Morgan fingerprint density at radius 2 is 2.04 bits per heavy atom. The highest BCUT2D eigenvalue weighted by atomic mass is 35.5. The molecule has 0 saturated heterocycles. The molecule has 1 aromatic carbocycles. The Morgan fingerprint density at radius 3 is 2.75 bits per heavy atom. The number of nitrogens with one attached hydrogen (secondary N) is 1. The van der Waals surface area contributed by atoms with E-state index in [2.05, 4.69) is 9.82 Å². The van der Waals surface area contributed by atoms with Crippen molar-refractivity contribution in [2.75, 3.05) is 6.54 Å². The molecule has 3 rings (SSSR count). The van der Waals surface area contributed by atoms with Gasteiger partial charge in [-0.25, -0.2) is 17.8 Å². The Kier molecular flexibility index (Phi) is 4.76. The minimum absolute atomic E-state index is 0.0787. The molecule has 2 aromatic rings. The highest BCUT2D eigenvalue weighted by Crippen LogP contribution is 2.38. The van der Waals surface area contributed by atoms with Crippen LogP contribution < -0.4 is 10.3 Å². The van der Waals surface area contributed by atoms with Crippen molar-refractivity contribution in [1.29, 1.82) is 0 Å². The lowest BCUT2D eigenvalue weighted by molar-refractivity contribution is 0.540. The molecule has 1 fully saturated rings. The monoisotopic (exact) mass is 367 g/mol. The van der Waals surface area contributed by atoms with Gasteiger partial charge in [0, 0.05) is 23.6 Å². The maximum absolute atomic E-state index is 12.4. The number of benzene rings is 1. The van der Waals surface area contributed by atoms with Gasteiger partial charge in [-0.3, -0.25) is 4.79 Å². The van der Waals surface area contributed by atoms with Gasteiger partial charge >= 0.3 is 0 Å². The fourth-order valence-corrected chi connectivity index (χ4v) is 3.98. The minimum atomic E-state index is -3.69. The van der Waals surface area contributed by atoms with E-state index in [1.54, 1.807) is 25.1 Å². The van der Waals surface area contributed by atoms with Crippen molar-refractivity contribution >= 4 is 21.6 Å². The van der Waals surface area contributed by atoms with E-state index in [-0.39, 0.29) is 23.5 Å². The molecule has 128 valence electrons. The summed E-state index contributed by atoms with van der Waals surface area (Å²) in [6.45, 7) is 1.96. The molecule has 1 aromatic heterocycles. The van der Waals surface area contributed by atoms with Crippen molar-refractivity contribution in [3.63, 3.8) is 0 Å². The minimum Gasteiger partial charge on any atom is -0.268 e. The molecule has 6 nitrogen and oxygen atoms in total. The summed E-state index contributed by atoms with van der Waals surface area (Å²) in [6.07, 6.45) is 2.18. The van der Waals surface area contributed by atoms with Crippen molar-refractivity contribution in [2.45, 2.75) is 37.1 Å². The molecule has 1 saturated carbocycles. The van der Waals surface area contributed by atoms with E-state index in [4.69, 9.17) is 11.6 Å². The lowest BCUT2D eigenvalue weighted by Crippen LogP contribution is -2.32. The maximum Gasteiger partial charge on any atom is 0.266 e. The zero-order valence-corrected chi connectivity index (χ0v) is 14.8. The molecular weight excluding hydrogens is 350 g/mol. The third-order valence-electron chi connectivity index (χ3n) is 3.94. The Morgan fingerprint density at radius 1 is 1.29 bits per heavy atom. The van der Waals surface area contributed by atoms with Crippen LogP contribution in [0.4, 0.5) is 0 Å². The van der Waals surface area contributed by atoms with Gasteiger partial charge < -0.3 is 0 Å². The zero-order chi connectivity index (χ0) is 17.3. The van der Waals surface area contributed by atoms with Crippen LogP contribution in [0.5, 0.6) is 0 Å². The molecule has 1 N–H and O–H groups in total. The van der Waals surface area contributed by atoms with Gasteiger partial charge in [0.1, 0.15) is 0 Å². The van der Waals surface area contributed by atoms with E-state index in [0.717, 1.165) is 18.5 Å². The number of sulfonamides is 1. The van der Waals surface area contributed by atoms with Crippen molar-refractivity contribution in [2.24, 2.45) is 0 Å². The molecule has 8 heteroatoms. The SMILES string of the molecule is Cc1ccc(Cl)cc1S(=O)(=O)NCCn1nc(C2CC2)ccc1=O. The zero-order valence-electron chi connectivity index (χ0n) is 13.2. The summed E-state index contributed by atoms with van der Waals surface area (Å²) in [5.74, 6) is 0.433. The lowest BCUT2D eigenvalue weighted by Gasteiger charge is -2.11. The quantitative estimate of drug-likeness (QED) is 0.847. The number of nitrogens with zero attached hydrogens (tertiary/aromatic N) is 2. The van der Waals surface area contributed by atoms with Crippen LogP contribution in [-0.2, 0) is 16.6 Å². The largest absolute Gasteiger partial charge is 0.268 e. The predicted octanol–water partition coefficient (Wildman–Crippen LogP) is 2.06.